The largest absolute Gasteiger partial charge is 0.343 e. The lowest BCUT2D eigenvalue weighted by Gasteiger charge is -2.30. The van der Waals surface area contributed by atoms with E-state index >= 15 is 0 Å². The van der Waals surface area contributed by atoms with E-state index in [0.29, 0.717) is 13.1 Å². The van der Waals surface area contributed by atoms with Crippen molar-refractivity contribution in [3.63, 3.8) is 0 Å². The molecule has 0 saturated heterocycles. The highest BCUT2D eigenvalue weighted by Gasteiger charge is 2.32. The number of hydrogen-bond acceptors (Lipinski definition) is 3. The van der Waals surface area contributed by atoms with E-state index in [2.05, 4.69) is 0 Å². The van der Waals surface area contributed by atoms with Gasteiger partial charge < -0.3 is 4.90 Å². The van der Waals surface area contributed by atoms with Crippen LogP contribution in [0, 0.1) is 10.1 Å². The predicted octanol–water partition coefficient (Wildman–Crippen LogP) is 2.74. The Kier molecular flexibility index (Phi) is 4.64. The smallest absolute Gasteiger partial charge is 0.269 e. The second-order valence-electron chi connectivity index (χ2n) is 4.91. The number of non-ortho nitro benzene ring substituents is 1. The lowest BCUT2D eigenvalue weighted by molar-refractivity contribution is -0.384. The Labute approximate surface area is 113 Å². The van der Waals surface area contributed by atoms with Gasteiger partial charge in [-0.15, -0.1) is 0 Å². The Hall–Kier alpha value is -1.91. The average Bonchev–Trinajstić information content (AvgIpc) is 2.40. The van der Waals surface area contributed by atoms with Crippen molar-refractivity contribution in [1.82, 2.24) is 4.90 Å². The summed E-state index contributed by atoms with van der Waals surface area (Å²) in [6.45, 7) is 8.88. The van der Waals surface area contributed by atoms with Crippen LogP contribution in [-0.4, -0.2) is 28.8 Å². The molecular formula is C14H20N2O3. The Balaban J connectivity index is 3.05. The van der Waals surface area contributed by atoms with Crippen molar-refractivity contribution < 1.29 is 9.72 Å². The average molecular weight is 264 g/mol. The summed E-state index contributed by atoms with van der Waals surface area (Å²) in [7, 11) is 0. The Morgan fingerprint density at radius 1 is 1.21 bits per heavy atom. The van der Waals surface area contributed by atoms with Gasteiger partial charge in [0, 0.05) is 25.2 Å². The van der Waals surface area contributed by atoms with Gasteiger partial charge in [-0.2, -0.15) is 0 Å². The summed E-state index contributed by atoms with van der Waals surface area (Å²) in [4.78, 5) is 24.4. The monoisotopic (exact) mass is 264 g/mol. The van der Waals surface area contributed by atoms with Gasteiger partial charge in [0.05, 0.1) is 10.3 Å². The topological polar surface area (TPSA) is 63.5 Å². The van der Waals surface area contributed by atoms with Gasteiger partial charge in [-0.05, 0) is 33.3 Å². The Morgan fingerprint density at radius 3 is 2.05 bits per heavy atom. The number of carbonyl (C=O) groups excluding carboxylic acids is 1. The van der Waals surface area contributed by atoms with Crippen LogP contribution in [0.3, 0.4) is 0 Å². The number of benzene rings is 1. The molecule has 0 unspecified atom stereocenters. The van der Waals surface area contributed by atoms with E-state index in [1.165, 1.54) is 12.1 Å². The zero-order valence-electron chi connectivity index (χ0n) is 11.8. The van der Waals surface area contributed by atoms with Crippen LogP contribution in [0.25, 0.3) is 0 Å². The van der Waals surface area contributed by atoms with E-state index < -0.39 is 10.3 Å². The molecule has 0 fully saturated rings. The van der Waals surface area contributed by atoms with Crippen molar-refractivity contribution in [3.05, 3.63) is 39.9 Å². The molecule has 104 valence electrons. The number of hydrogen-bond donors (Lipinski definition) is 0. The number of nitrogens with zero attached hydrogens (tertiary/aromatic N) is 2. The summed E-state index contributed by atoms with van der Waals surface area (Å²) < 4.78 is 0. The first-order valence-electron chi connectivity index (χ1n) is 6.38. The first-order chi connectivity index (χ1) is 8.84. The van der Waals surface area contributed by atoms with Gasteiger partial charge in [-0.3, -0.25) is 14.9 Å². The van der Waals surface area contributed by atoms with Gasteiger partial charge in [0.1, 0.15) is 0 Å². The third-order valence-corrected chi connectivity index (χ3v) is 3.39. The minimum atomic E-state index is -0.679. The zero-order chi connectivity index (χ0) is 14.6. The molecule has 0 spiro atoms. The number of carbonyl (C=O) groups is 1. The summed E-state index contributed by atoms with van der Waals surface area (Å²) >= 11 is 0. The lowest BCUT2D eigenvalue weighted by atomic mass is 9.83. The minimum absolute atomic E-state index is 0.0337. The molecule has 5 nitrogen and oxygen atoms in total. The van der Waals surface area contributed by atoms with Crippen molar-refractivity contribution >= 4 is 11.6 Å². The SMILES string of the molecule is CCN(CC)C(=O)C(C)(C)c1ccc([N+](=O)[O-])cc1. The maximum Gasteiger partial charge on any atom is 0.269 e. The van der Waals surface area contributed by atoms with Gasteiger partial charge in [0.2, 0.25) is 5.91 Å². The fourth-order valence-electron chi connectivity index (χ4n) is 2.03. The van der Waals surface area contributed by atoms with E-state index in [-0.39, 0.29) is 11.6 Å². The second kappa shape index (κ2) is 5.82. The number of nitro benzene ring substituents is 1. The molecule has 0 aliphatic carbocycles. The molecule has 5 heteroatoms. The van der Waals surface area contributed by atoms with Gasteiger partial charge in [-0.1, -0.05) is 12.1 Å². The second-order valence-corrected chi connectivity index (χ2v) is 4.91. The van der Waals surface area contributed by atoms with Gasteiger partial charge in [-0.25, -0.2) is 0 Å². The summed E-state index contributed by atoms with van der Waals surface area (Å²) in [5.74, 6) is 0.0337. The van der Waals surface area contributed by atoms with Crippen LogP contribution in [0.15, 0.2) is 24.3 Å². The molecule has 0 aliphatic rings. The molecule has 0 bridgehead atoms. The summed E-state index contributed by atoms with van der Waals surface area (Å²) in [5.41, 5.74) is 0.145. The summed E-state index contributed by atoms with van der Waals surface area (Å²) in [6, 6.07) is 6.18. The minimum Gasteiger partial charge on any atom is -0.343 e. The standard InChI is InChI=1S/C14H20N2O3/c1-5-15(6-2)13(17)14(3,4)11-7-9-12(10-8-11)16(18)19/h7-10H,5-6H2,1-4H3. The summed E-state index contributed by atoms with van der Waals surface area (Å²) in [6.07, 6.45) is 0. The molecule has 0 aromatic heterocycles. The third-order valence-electron chi connectivity index (χ3n) is 3.39. The van der Waals surface area contributed by atoms with Crippen LogP contribution in [0.4, 0.5) is 5.69 Å². The van der Waals surface area contributed by atoms with Crippen LogP contribution in [0.2, 0.25) is 0 Å². The van der Waals surface area contributed by atoms with Crippen molar-refractivity contribution in [1.29, 1.82) is 0 Å². The van der Waals surface area contributed by atoms with E-state index in [1.54, 1.807) is 17.0 Å². The first-order valence-corrected chi connectivity index (χ1v) is 6.38. The Morgan fingerprint density at radius 2 is 1.68 bits per heavy atom. The quantitative estimate of drug-likeness (QED) is 0.606. The normalized spacial score (nSPS) is 11.2. The molecule has 1 aromatic rings. The van der Waals surface area contributed by atoms with Crippen LogP contribution >= 0.6 is 0 Å². The molecule has 0 radical (unpaired) electrons. The fourth-order valence-corrected chi connectivity index (χ4v) is 2.03. The van der Waals surface area contributed by atoms with Crippen molar-refractivity contribution in [2.24, 2.45) is 0 Å². The molecule has 0 aliphatic heterocycles. The lowest BCUT2D eigenvalue weighted by Crippen LogP contribution is -2.43. The number of nitro groups is 1. The third kappa shape index (κ3) is 3.10. The van der Waals surface area contributed by atoms with Crippen LogP contribution in [0.1, 0.15) is 33.3 Å². The number of amides is 1. The van der Waals surface area contributed by atoms with Crippen LogP contribution in [0.5, 0.6) is 0 Å². The molecule has 19 heavy (non-hydrogen) atoms. The van der Waals surface area contributed by atoms with Crippen molar-refractivity contribution in [2.45, 2.75) is 33.1 Å². The molecule has 0 atom stereocenters. The first kappa shape index (κ1) is 15.1. The summed E-state index contributed by atoms with van der Waals surface area (Å²) in [5, 5.41) is 10.6. The van der Waals surface area contributed by atoms with Crippen LogP contribution in [-0.2, 0) is 10.2 Å². The van der Waals surface area contributed by atoms with Crippen molar-refractivity contribution in [2.75, 3.05) is 13.1 Å². The van der Waals surface area contributed by atoms with E-state index in [4.69, 9.17) is 0 Å². The van der Waals surface area contributed by atoms with Gasteiger partial charge >= 0.3 is 0 Å². The molecule has 1 amide bonds. The van der Waals surface area contributed by atoms with E-state index in [9.17, 15) is 14.9 Å². The zero-order valence-corrected chi connectivity index (χ0v) is 11.8. The maximum atomic E-state index is 12.4. The number of likely N-dealkylation sites (N-methyl/N-ethyl adjacent to an activating group) is 1. The fraction of sp³-hybridized carbons (Fsp3) is 0.500. The Bertz CT molecular complexity index is 462. The highest BCUT2D eigenvalue weighted by atomic mass is 16.6. The predicted molar refractivity (Wildman–Crippen MR) is 74.1 cm³/mol. The highest BCUT2D eigenvalue weighted by Crippen LogP contribution is 2.27. The van der Waals surface area contributed by atoms with Crippen LogP contribution < -0.4 is 0 Å². The molecule has 0 N–H and O–H groups in total. The van der Waals surface area contributed by atoms with E-state index in [0.717, 1.165) is 5.56 Å². The van der Waals surface area contributed by atoms with E-state index in [1.807, 2.05) is 27.7 Å². The molecule has 0 saturated carbocycles. The maximum absolute atomic E-state index is 12.4. The van der Waals surface area contributed by atoms with Gasteiger partial charge in [0.25, 0.3) is 5.69 Å². The highest BCUT2D eigenvalue weighted by molar-refractivity contribution is 5.87. The number of rotatable bonds is 5. The molecule has 0 heterocycles. The van der Waals surface area contributed by atoms with Gasteiger partial charge in [0.15, 0.2) is 0 Å². The molecular weight excluding hydrogens is 244 g/mol. The molecule has 1 rings (SSSR count). The molecule has 1 aromatic carbocycles. The van der Waals surface area contributed by atoms with Crippen molar-refractivity contribution in [3.8, 4) is 0 Å².